The lowest BCUT2D eigenvalue weighted by Gasteiger charge is -2.55. The number of hydrogen-bond donors (Lipinski definition) is 2. The average Bonchev–Trinajstić information content (AvgIpc) is 2.74. The van der Waals surface area contributed by atoms with Crippen LogP contribution < -0.4 is 5.32 Å². The number of likely N-dealkylation sites (tertiary alicyclic amines) is 1. The Labute approximate surface area is 171 Å². The highest BCUT2D eigenvalue weighted by Gasteiger charge is 2.50. The molecule has 2 N–H and O–H groups in total. The second kappa shape index (κ2) is 9.67. The number of carbonyl (C=O) groups is 2. The summed E-state index contributed by atoms with van der Waals surface area (Å²) in [5, 5.41) is 12.8. The van der Waals surface area contributed by atoms with Crippen molar-refractivity contribution in [3.63, 3.8) is 0 Å². The van der Waals surface area contributed by atoms with E-state index in [-0.39, 0.29) is 43.0 Å². The van der Waals surface area contributed by atoms with E-state index in [0.717, 1.165) is 16.7 Å². The first kappa shape index (κ1) is 21.0. The average molecular weight is 396 g/mol. The summed E-state index contributed by atoms with van der Waals surface area (Å²) in [6.45, 7) is 2.00. The fourth-order valence-corrected chi connectivity index (χ4v) is 4.10. The molecule has 0 aliphatic carbocycles. The van der Waals surface area contributed by atoms with Crippen LogP contribution in [0.25, 0.3) is 11.1 Å². The maximum atomic E-state index is 12.4. The monoisotopic (exact) mass is 396 g/mol. The van der Waals surface area contributed by atoms with Gasteiger partial charge in [0, 0.05) is 26.0 Å². The van der Waals surface area contributed by atoms with Gasteiger partial charge in [-0.15, -0.1) is 0 Å². The highest BCUT2D eigenvalue weighted by molar-refractivity contribution is 5.79. The number of nitrogens with zero attached hydrogens (tertiary/aromatic N) is 1. The highest BCUT2D eigenvalue weighted by atomic mass is 16.5. The molecule has 0 unspecified atom stereocenters. The Kier molecular flexibility index (Phi) is 7.01. The molecular weight excluding hydrogens is 368 g/mol. The molecule has 3 rings (SSSR count). The number of amides is 2. The molecule has 0 saturated carbocycles. The lowest BCUT2D eigenvalue weighted by molar-refractivity contribution is -0.150. The quantitative estimate of drug-likeness (QED) is 0.717. The zero-order valence-electron chi connectivity index (χ0n) is 16.9. The molecule has 6 nitrogen and oxygen atoms in total. The number of rotatable bonds is 8. The third kappa shape index (κ3) is 4.49. The topological polar surface area (TPSA) is 78.9 Å². The molecule has 0 bridgehead atoms. The van der Waals surface area contributed by atoms with Crippen LogP contribution in [0.2, 0.25) is 0 Å². The number of carbonyl (C=O) groups excluding carboxylic acids is 2. The first-order valence-corrected chi connectivity index (χ1v) is 9.93. The molecule has 154 valence electrons. The summed E-state index contributed by atoms with van der Waals surface area (Å²) in [4.78, 5) is 26.0. The van der Waals surface area contributed by atoms with Crippen LogP contribution in [0.1, 0.15) is 24.8 Å². The maximum absolute atomic E-state index is 12.4. The first-order valence-electron chi connectivity index (χ1n) is 9.93. The minimum absolute atomic E-state index is 0.0195. The number of aliphatic hydroxyl groups is 1. The van der Waals surface area contributed by atoms with E-state index >= 15 is 0 Å². The third-order valence-corrected chi connectivity index (χ3v) is 5.51. The van der Waals surface area contributed by atoms with Crippen molar-refractivity contribution < 1.29 is 19.4 Å². The van der Waals surface area contributed by atoms with E-state index in [1.807, 2.05) is 30.3 Å². The Morgan fingerprint density at radius 3 is 2.28 bits per heavy atom. The molecule has 1 aliphatic heterocycles. The normalized spacial score (nSPS) is 20.8. The molecule has 0 aromatic heterocycles. The van der Waals surface area contributed by atoms with Crippen molar-refractivity contribution in [3.8, 4) is 11.1 Å². The van der Waals surface area contributed by atoms with Gasteiger partial charge in [0.05, 0.1) is 18.7 Å². The number of aliphatic hydroxyl groups excluding tert-OH is 1. The van der Waals surface area contributed by atoms with Gasteiger partial charge >= 0.3 is 0 Å². The highest BCUT2D eigenvalue weighted by Crippen LogP contribution is 2.41. The van der Waals surface area contributed by atoms with Crippen molar-refractivity contribution in [2.75, 3.05) is 26.9 Å². The minimum Gasteiger partial charge on any atom is -0.394 e. The zero-order chi connectivity index (χ0) is 20.8. The van der Waals surface area contributed by atoms with Crippen molar-refractivity contribution in [1.29, 1.82) is 0 Å². The molecule has 1 heterocycles. The van der Waals surface area contributed by atoms with Crippen LogP contribution in [-0.4, -0.2) is 60.8 Å². The second-order valence-corrected chi connectivity index (χ2v) is 7.22. The molecule has 29 heavy (non-hydrogen) atoms. The predicted molar refractivity (Wildman–Crippen MR) is 111 cm³/mol. The van der Waals surface area contributed by atoms with Crippen LogP contribution in [-0.2, 0) is 14.3 Å². The number of methoxy groups -OCH3 is 1. The minimum atomic E-state index is -0.283. The van der Waals surface area contributed by atoms with Gasteiger partial charge in [0.1, 0.15) is 6.61 Å². The molecule has 2 amide bonds. The Hall–Kier alpha value is -2.70. The Bertz CT molecular complexity index is 823. The standard InChI is InChI=1S/C23H28N2O4/c1-3-22(28)25-19(13-24-21(27)15-29-2)23(20(25)14-26)18-11-9-17(10-12-18)16-7-5-4-6-8-16/h4-12,19-20,23,26H,3,13-15H2,1-2H3,(H,24,27)/t19-,20-,23-/m1/s1. The third-order valence-electron chi connectivity index (χ3n) is 5.51. The van der Waals surface area contributed by atoms with Gasteiger partial charge in [-0.05, 0) is 16.7 Å². The van der Waals surface area contributed by atoms with Crippen molar-refractivity contribution in [2.45, 2.75) is 31.3 Å². The van der Waals surface area contributed by atoms with E-state index in [9.17, 15) is 14.7 Å². The molecule has 0 spiro atoms. The zero-order valence-corrected chi connectivity index (χ0v) is 16.9. The van der Waals surface area contributed by atoms with Crippen molar-refractivity contribution in [3.05, 3.63) is 60.2 Å². The van der Waals surface area contributed by atoms with E-state index in [1.165, 1.54) is 7.11 Å². The van der Waals surface area contributed by atoms with Gasteiger partial charge in [-0.1, -0.05) is 61.5 Å². The summed E-state index contributed by atoms with van der Waals surface area (Å²) >= 11 is 0. The van der Waals surface area contributed by atoms with Crippen LogP contribution in [0.4, 0.5) is 0 Å². The summed E-state index contributed by atoms with van der Waals surface area (Å²) in [5.41, 5.74) is 3.30. The van der Waals surface area contributed by atoms with Crippen LogP contribution in [0.3, 0.4) is 0 Å². The Balaban J connectivity index is 1.81. The molecule has 1 aliphatic rings. The largest absolute Gasteiger partial charge is 0.394 e. The molecule has 1 saturated heterocycles. The van der Waals surface area contributed by atoms with Gasteiger partial charge in [0.15, 0.2) is 0 Å². The van der Waals surface area contributed by atoms with E-state index in [0.29, 0.717) is 13.0 Å². The molecular formula is C23H28N2O4. The van der Waals surface area contributed by atoms with Crippen LogP contribution in [0.5, 0.6) is 0 Å². The smallest absolute Gasteiger partial charge is 0.246 e. The SMILES string of the molecule is CCC(=O)N1[C@H](CO)[C@H](c2ccc(-c3ccccc3)cc2)[C@H]1CNC(=O)COC. The summed E-state index contributed by atoms with van der Waals surface area (Å²) in [7, 11) is 1.47. The summed E-state index contributed by atoms with van der Waals surface area (Å²) < 4.78 is 4.86. The second-order valence-electron chi connectivity index (χ2n) is 7.22. The molecule has 1 fully saturated rings. The summed E-state index contributed by atoms with van der Waals surface area (Å²) in [5.74, 6) is -0.280. The van der Waals surface area contributed by atoms with Gasteiger partial charge in [0.2, 0.25) is 11.8 Å². The number of nitrogens with one attached hydrogen (secondary N) is 1. The number of benzene rings is 2. The lowest BCUT2D eigenvalue weighted by atomic mass is 9.74. The maximum Gasteiger partial charge on any atom is 0.246 e. The molecule has 2 aromatic rings. The van der Waals surface area contributed by atoms with Gasteiger partial charge < -0.3 is 20.1 Å². The van der Waals surface area contributed by atoms with Crippen LogP contribution >= 0.6 is 0 Å². The van der Waals surface area contributed by atoms with Gasteiger partial charge in [0.25, 0.3) is 0 Å². The lowest BCUT2D eigenvalue weighted by Crippen LogP contribution is -2.68. The van der Waals surface area contributed by atoms with E-state index < -0.39 is 0 Å². The predicted octanol–water partition coefficient (Wildman–Crippen LogP) is 2.18. The van der Waals surface area contributed by atoms with E-state index in [4.69, 9.17) is 4.74 Å². The van der Waals surface area contributed by atoms with Gasteiger partial charge in [-0.2, -0.15) is 0 Å². The molecule has 3 atom stereocenters. The van der Waals surface area contributed by atoms with Gasteiger partial charge in [-0.25, -0.2) is 0 Å². The molecule has 0 radical (unpaired) electrons. The Morgan fingerprint density at radius 2 is 1.69 bits per heavy atom. The van der Waals surface area contributed by atoms with Gasteiger partial charge in [-0.3, -0.25) is 9.59 Å². The summed E-state index contributed by atoms with van der Waals surface area (Å²) in [6, 6.07) is 17.9. The fraction of sp³-hybridized carbons (Fsp3) is 0.391. The Morgan fingerprint density at radius 1 is 1.03 bits per heavy atom. The summed E-state index contributed by atoms with van der Waals surface area (Å²) in [6.07, 6.45) is 0.360. The molecule has 2 aromatic carbocycles. The van der Waals surface area contributed by atoms with Crippen LogP contribution in [0.15, 0.2) is 54.6 Å². The van der Waals surface area contributed by atoms with Crippen molar-refractivity contribution in [2.24, 2.45) is 0 Å². The van der Waals surface area contributed by atoms with E-state index in [1.54, 1.807) is 11.8 Å². The fourth-order valence-electron chi connectivity index (χ4n) is 4.10. The van der Waals surface area contributed by atoms with Crippen molar-refractivity contribution in [1.82, 2.24) is 10.2 Å². The van der Waals surface area contributed by atoms with Crippen LogP contribution in [0, 0.1) is 0 Å². The molecule has 6 heteroatoms. The van der Waals surface area contributed by atoms with E-state index in [2.05, 4.69) is 29.6 Å². The number of ether oxygens (including phenoxy) is 1. The van der Waals surface area contributed by atoms with Crippen molar-refractivity contribution >= 4 is 11.8 Å². The number of hydrogen-bond acceptors (Lipinski definition) is 4. The first-order chi connectivity index (χ1) is 14.1.